The topological polar surface area (TPSA) is 76.5 Å². The zero-order valence-electron chi connectivity index (χ0n) is 11.0. The van der Waals surface area contributed by atoms with Crippen molar-refractivity contribution >= 4 is 10.0 Å². The minimum atomic E-state index is -3.67. The Kier molecular flexibility index (Phi) is 4.37. The van der Waals surface area contributed by atoms with Crippen LogP contribution < -0.4 is 5.73 Å². The number of sulfonamides is 1. The van der Waals surface area contributed by atoms with Crippen LogP contribution in [0.1, 0.15) is 26.5 Å². The highest BCUT2D eigenvalue weighted by molar-refractivity contribution is 7.89. The molecule has 5 nitrogen and oxygen atoms in total. The lowest BCUT2D eigenvalue weighted by atomic mass is 10.1. The highest BCUT2D eigenvalue weighted by atomic mass is 32.2. The Hall–Kier alpha value is -1.11. The predicted octanol–water partition coefficient (Wildman–Crippen LogP) is 1.71. The van der Waals surface area contributed by atoms with Gasteiger partial charge in [0.25, 0.3) is 10.0 Å². The molecule has 0 spiro atoms. The average Bonchev–Trinajstić information content (AvgIpc) is 2.73. The van der Waals surface area contributed by atoms with E-state index in [0.29, 0.717) is 5.76 Å². The van der Waals surface area contributed by atoms with Gasteiger partial charge in [0.1, 0.15) is 5.76 Å². The molecule has 0 saturated carbocycles. The highest BCUT2D eigenvalue weighted by Crippen LogP contribution is 2.25. The standard InChI is InChI=1S/C12H20N2O3S/c1-5-8-14(12(2,3)4)18(15,16)11-7-6-10(9-13)17-11/h5-7H,1,8-9,13H2,2-4H3. The Balaban J connectivity index is 3.21. The summed E-state index contributed by atoms with van der Waals surface area (Å²) in [5.41, 5.74) is 4.86. The SMILES string of the molecule is C=CCN(C(C)(C)C)S(=O)(=O)c1ccc(CN)o1. The van der Waals surface area contributed by atoms with Crippen molar-refractivity contribution < 1.29 is 12.8 Å². The summed E-state index contributed by atoms with van der Waals surface area (Å²) in [7, 11) is -3.67. The van der Waals surface area contributed by atoms with Crippen molar-refractivity contribution in [3.8, 4) is 0 Å². The molecule has 6 heteroatoms. The highest BCUT2D eigenvalue weighted by Gasteiger charge is 2.35. The van der Waals surface area contributed by atoms with Crippen LogP contribution >= 0.6 is 0 Å². The van der Waals surface area contributed by atoms with E-state index in [-0.39, 0.29) is 18.2 Å². The molecule has 1 aromatic rings. The van der Waals surface area contributed by atoms with Crippen molar-refractivity contribution in [2.24, 2.45) is 5.73 Å². The summed E-state index contributed by atoms with van der Waals surface area (Å²) in [5.74, 6) is 0.445. The molecule has 0 bridgehead atoms. The lowest BCUT2D eigenvalue weighted by Crippen LogP contribution is -2.45. The molecule has 0 unspecified atom stereocenters. The van der Waals surface area contributed by atoms with Gasteiger partial charge in [0, 0.05) is 12.1 Å². The van der Waals surface area contributed by atoms with Crippen LogP contribution in [0.3, 0.4) is 0 Å². The Bertz CT molecular complexity index is 512. The maximum Gasteiger partial charge on any atom is 0.277 e. The van der Waals surface area contributed by atoms with Gasteiger partial charge < -0.3 is 10.2 Å². The molecule has 0 fully saturated rings. The van der Waals surface area contributed by atoms with E-state index < -0.39 is 15.6 Å². The summed E-state index contributed by atoms with van der Waals surface area (Å²) in [6, 6.07) is 3.00. The Morgan fingerprint density at radius 2 is 2.06 bits per heavy atom. The fourth-order valence-electron chi connectivity index (χ4n) is 1.56. The van der Waals surface area contributed by atoms with Gasteiger partial charge in [-0.2, -0.15) is 4.31 Å². The van der Waals surface area contributed by atoms with Gasteiger partial charge in [-0.1, -0.05) is 6.08 Å². The molecule has 0 aromatic carbocycles. The molecular formula is C12H20N2O3S. The van der Waals surface area contributed by atoms with Crippen molar-refractivity contribution in [1.82, 2.24) is 4.31 Å². The van der Waals surface area contributed by atoms with E-state index in [1.165, 1.54) is 10.4 Å². The van der Waals surface area contributed by atoms with Crippen LogP contribution in [0.5, 0.6) is 0 Å². The number of rotatable bonds is 5. The van der Waals surface area contributed by atoms with Gasteiger partial charge in [0.15, 0.2) is 0 Å². The molecule has 1 aromatic heterocycles. The molecule has 0 aliphatic heterocycles. The lowest BCUT2D eigenvalue weighted by molar-refractivity contribution is 0.261. The van der Waals surface area contributed by atoms with Crippen LogP contribution in [0, 0.1) is 0 Å². The fourth-order valence-corrected chi connectivity index (χ4v) is 3.26. The molecule has 1 heterocycles. The van der Waals surface area contributed by atoms with E-state index in [9.17, 15) is 8.42 Å². The fraction of sp³-hybridized carbons (Fsp3) is 0.500. The summed E-state index contributed by atoms with van der Waals surface area (Å²) in [5, 5.41) is -0.0836. The quantitative estimate of drug-likeness (QED) is 0.828. The van der Waals surface area contributed by atoms with Crippen LogP contribution in [-0.2, 0) is 16.6 Å². The number of nitrogens with two attached hydrogens (primary N) is 1. The molecule has 2 N–H and O–H groups in total. The van der Waals surface area contributed by atoms with Gasteiger partial charge in [0.2, 0.25) is 5.09 Å². The lowest BCUT2D eigenvalue weighted by Gasteiger charge is -2.32. The second-order valence-electron chi connectivity index (χ2n) is 4.92. The van der Waals surface area contributed by atoms with E-state index in [1.54, 1.807) is 12.1 Å². The van der Waals surface area contributed by atoms with E-state index in [4.69, 9.17) is 10.2 Å². The van der Waals surface area contributed by atoms with Crippen LogP contribution in [0.25, 0.3) is 0 Å². The molecule has 0 amide bonds. The van der Waals surface area contributed by atoms with E-state index >= 15 is 0 Å². The normalized spacial score (nSPS) is 12.9. The van der Waals surface area contributed by atoms with Gasteiger partial charge in [0.05, 0.1) is 6.54 Å². The number of hydrogen-bond donors (Lipinski definition) is 1. The predicted molar refractivity (Wildman–Crippen MR) is 70.4 cm³/mol. The first-order valence-corrected chi connectivity index (χ1v) is 7.10. The van der Waals surface area contributed by atoms with Crippen LogP contribution in [-0.4, -0.2) is 24.8 Å². The second-order valence-corrected chi connectivity index (χ2v) is 6.71. The van der Waals surface area contributed by atoms with Crippen molar-refractivity contribution in [2.75, 3.05) is 6.54 Å². The smallest absolute Gasteiger partial charge is 0.277 e. The molecule has 102 valence electrons. The van der Waals surface area contributed by atoms with Crippen LogP contribution in [0.15, 0.2) is 34.3 Å². The molecule has 0 saturated heterocycles. The molecule has 0 aliphatic rings. The van der Waals surface area contributed by atoms with E-state index in [1.807, 2.05) is 20.8 Å². The molecule has 0 aliphatic carbocycles. The summed E-state index contributed by atoms with van der Waals surface area (Å²) in [6.45, 7) is 9.45. The third-order valence-electron chi connectivity index (χ3n) is 2.43. The largest absolute Gasteiger partial charge is 0.447 e. The zero-order valence-corrected chi connectivity index (χ0v) is 11.8. The van der Waals surface area contributed by atoms with Gasteiger partial charge in [-0.3, -0.25) is 0 Å². The maximum atomic E-state index is 12.4. The summed E-state index contributed by atoms with van der Waals surface area (Å²) in [6.07, 6.45) is 1.55. The van der Waals surface area contributed by atoms with E-state index in [0.717, 1.165) is 0 Å². The van der Waals surface area contributed by atoms with Crippen molar-refractivity contribution in [1.29, 1.82) is 0 Å². The monoisotopic (exact) mass is 272 g/mol. The first-order valence-electron chi connectivity index (χ1n) is 5.66. The van der Waals surface area contributed by atoms with Gasteiger partial charge in [-0.05, 0) is 32.9 Å². The maximum absolute atomic E-state index is 12.4. The Labute approximate surface area is 108 Å². The summed E-state index contributed by atoms with van der Waals surface area (Å²) >= 11 is 0. The van der Waals surface area contributed by atoms with Crippen molar-refractivity contribution in [2.45, 2.75) is 37.9 Å². The summed E-state index contributed by atoms with van der Waals surface area (Å²) in [4.78, 5) is 0. The summed E-state index contributed by atoms with van der Waals surface area (Å²) < 4.78 is 31.5. The average molecular weight is 272 g/mol. The second kappa shape index (κ2) is 5.26. The third-order valence-corrected chi connectivity index (χ3v) is 4.43. The first kappa shape index (κ1) is 14.9. The van der Waals surface area contributed by atoms with Gasteiger partial charge in [-0.15, -0.1) is 6.58 Å². The first-order chi connectivity index (χ1) is 8.23. The van der Waals surface area contributed by atoms with Gasteiger partial charge in [-0.25, -0.2) is 8.42 Å². The Morgan fingerprint density at radius 1 is 1.44 bits per heavy atom. The zero-order chi connectivity index (χ0) is 14.0. The number of nitrogens with zero attached hydrogens (tertiary/aromatic N) is 1. The number of furan rings is 1. The molecule has 18 heavy (non-hydrogen) atoms. The number of hydrogen-bond acceptors (Lipinski definition) is 4. The van der Waals surface area contributed by atoms with Crippen LogP contribution in [0.2, 0.25) is 0 Å². The van der Waals surface area contributed by atoms with Crippen molar-refractivity contribution in [3.05, 3.63) is 30.5 Å². The minimum absolute atomic E-state index is 0.0836. The van der Waals surface area contributed by atoms with Gasteiger partial charge >= 0.3 is 0 Å². The molecule has 0 atom stereocenters. The van der Waals surface area contributed by atoms with Crippen molar-refractivity contribution in [3.63, 3.8) is 0 Å². The van der Waals surface area contributed by atoms with E-state index in [2.05, 4.69) is 6.58 Å². The Morgan fingerprint density at radius 3 is 2.44 bits per heavy atom. The van der Waals surface area contributed by atoms with Crippen LogP contribution in [0.4, 0.5) is 0 Å². The molecule has 0 radical (unpaired) electrons. The molecule has 1 rings (SSSR count). The third kappa shape index (κ3) is 3.01. The minimum Gasteiger partial charge on any atom is -0.447 e. The molecular weight excluding hydrogens is 252 g/mol.